The molecule has 0 spiro atoms. The third-order valence-corrected chi connectivity index (χ3v) is 10.2. The standard InChI is InChI=1S/C26H42NO3/c1-16(2)27(30,17(3)4)24(29)23-10-9-21-20-8-7-18-15-19(28)11-13-25(18,5)22(20)12-14-26(21,23)6/h15-17,20-23,30H,7-14H2,1-6H3/q+1/t20-,21-,22-,23+,25-,26-/m0/s1. The summed E-state index contributed by atoms with van der Waals surface area (Å²) >= 11 is 0. The molecule has 0 unspecified atom stereocenters. The Balaban J connectivity index is 1.63. The molecular weight excluding hydrogens is 374 g/mol. The Labute approximate surface area is 182 Å². The third-order valence-electron chi connectivity index (χ3n) is 10.2. The van der Waals surface area contributed by atoms with Crippen LogP contribution in [0.25, 0.3) is 0 Å². The lowest BCUT2D eigenvalue weighted by atomic mass is 9.47. The van der Waals surface area contributed by atoms with Crippen LogP contribution in [0.3, 0.4) is 0 Å². The summed E-state index contributed by atoms with van der Waals surface area (Å²) in [4.78, 5) is 25.8. The normalized spacial score (nSPS) is 41.4. The van der Waals surface area contributed by atoms with Gasteiger partial charge in [-0.2, -0.15) is 0 Å². The Morgan fingerprint density at radius 1 is 1.00 bits per heavy atom. The van der Waals surface area contributed by atoms with Gasteiger partial charge in [0.1, 0.15) is 12.1 Å². The van der Waals surface area contributed by atoms with Gasteiger partial charge in [0.15, 0.2) is 5.78 Å². The molecule has 168 valence electrons. The molecular formula is C26H42NO3+. The Morgan fingerprint density at radius 3 is 2.30 bits per heavy atom. The summed E-state index contributed by atoms with van der Waals surface area (Å²) in [6.45, 7) is 12.6. The predicted molar refractivity (Wildman–Crippen MR) is 118 cm³/mol. The average molecular weight is 417 g/mol. The van der Waals surface area contributed by atoms with Crippen LogP contribution in [0.1, 0.15) is 92.9 Å². The van der Waals surface area contributed by atoms with Crippen molar-refractivity contribution in [3.63, 3.8) is 0 Å². The van der Waals surface area contributed by atoms with Crippen molar-refractivity contribution < 1.29 is 19.4 Å². The van der Waals surface area contributed by atoms with E-state index in [1.165, 1.54) is 5.57 Å². The molecule has 3 fully saturated rings. The minimum absolute atomic E-state index is 0.00365. The van der Waals surface area contributed by atoms with E-state index in [4.69, 9.17) is 0 Å². The SMILES string of the molecule is CC(C)[N+](O)(C(=O)[C@H]1CC[C@H]2[C@@H]3CCC4=CC(=O)CC[C@]4(C)[C@H]3CC[C@]12C)C(C)C. The maximum atomic E-state index is 13.8. The van der Waals surface area contributed by atoms with Gasteiger partial charge in [-0.25, -0.2) is 10.0 Å². The number of fused-ring (bicyclic) bond motifs is 5. The van der Waals surface area contributed by atoms with Crippen LogP contribution < -0.4 is 0 Å². The summed E-state index contributed by atoms with van der Waals surface area (Å²) in [5.41, 5.74) is 1.57. The Kier molecular flexibility index (Phi) is 5.38. The molecule has 30 heavy (non-hydrogen) atoms. The van der Waals surface area contributed by atoms with E-state index in [9.17, 15) is 14.8 Å². The Hall–Kier alpha value is -1.00. The van der Waals surface area contributed by atoms with Crippen LogP contribution >= 0.6 is 0 Å². The number of quaternary nitrogens is 1. The van der Waals surface area contributed by atoms with E-state index < -0.39 is 4.65 Å². The van der Waals surface area contributed by atoms with Gasteiger partial charge in [-0.1, -0.05) is 19.4 Å². The zero-order valence-corrected chi connectivity index (χ0v) is 19.9. The van der Waals surface area contributed by atoms with Crippen molar-refractivity contribution in [2.24, 2.45) is 34.5 Å². The molecule has 0 aromatic carbocycles. The van der Waals surface area contributed by atoms with Crippen molar-refractivity contribution in [1.82, 2.24) is 0 Å². The van der Waals surface area contributed by atoms with E-state index in [-0.39, 0.29) is 34.7 Å². The van der Waals surface area contributed by atoms with Crippen molar-refractivity contribution in [2.75, 3.05) is 0 Å². The van der Waals surface area contributed by atoms with E-state index in [1.807, 2.05) is 33.8 Å². The first-order valence-electron chi connectivity index (χ1n) is 12.4. The number of allylic oxidation sites excluding steroid dienone is 1. The lowest BCUT2D eigenvalue weighted by Gasteiger charge is -2.58. The van der Waals surface area contributed by atoms with Crippen LogP contribution in [-0.2, 0) is 9.59 Å². The number of rotatable bonds is 3. The van der Waals surface area contributed by atoms with E-state index in [0.717, 1.165) is 44.9 Å². The van der Waals surface area contributed by atoms with Crippen LogP contribution in [0.4, 0.5) is 0 Å². The Bertz CT molecular complexity index is 760. The second-order valence-corrected chi connectivity index (χ2v) is 11.9. The molecule has 6 atom stereocenters. The molecule has 0 heterocycles. The molecule has 4 nitrogen and oxygen atoms in total. The second kappa shape index (κ2) is 7.27. The molecule has 4 heteroatoms. The summed E-state index contributed by atoms with van der Waals surface area (Å²) in [7, 11) is 0. The first-order chi connectivity index (χ1) is 14.0. The third kappa shape index (κ3) is 2.92. The van der Waals surface area contributed by atoms with Crippen molar-refractivity contribution in [1.29, 1.82) is 0 Å². The van der Waals surface area contributed by atoms with E-state index in [2.05, 4.69) is 13.8 Å². The highest BCUT2D eigenvalue weighted by Crippen LogP contribution is 2.67. The molecule has 0 bridgehead atoms. The van der Waals surface area contributed by atoms with Gasteiger partial charge < -0.3 is 0 Å². The van der Waals surface area contributed by atoms with E-state index >= 15 is 0 Å². The van der Waals surface area contributed by atoms with E-state index in [0.29, 0.717) is 30.0 Å². The highest BCUT2D eigenvalue weighted by molar-refractivity contribution is 5.91. The van der Waals surface area contributed by atoms with Crippen LogP contribution in [0.2, 0.25) is 0 Å². The predicted octanol–water partition coefficient (Wildman–Crippen LogP) is 5.68. The molecule has 4 aliphatic carbocycles. The van der Waals surface area contributed by atoms with Crippen molar-refractivity contribution in [3.05, 3.63) is 11.6 Å². The number of carbonyl (C=O) groups is 2. The fourth-order valence-electron chi connectivity index (χ4n) is 8.32. The average Bonchev–Trinajstić information content (AvgIpc) is 3.04. The first-order valence-corrected chi connectivity index (χ1v) is 12.4. The lowest BCUT2D eigenvalue weighted by Crippen LogP contribution is -2.63. The number of hydrogen-bond donors (Lipinski definition) is 1. The van der Waals surface area contributed by atoms with Gasteiger partial charge in [-0.15, -0.1) is 4.65 Å². The van der Waals surface area contributed by atoms with Gasteiger partial charge in [0.25, 0.3) is 0 Å². The number of ketones is 1. The van der Waals surface area contributed by atoms with Gasteiger partial charge in [-0.3, -0.25) is 4.79 Å². The molecule has 0 aromatic heterocycles. The van der Waals surface area contributed by atoms with E-state index in [1.54, 1.807) is 0 Å². The zero-order valence-electron chi connectivity index (χ0n) is 19.9. The molecule has 0 saturated heterocycles. The number of nitrogens with zero attached hydrogens (tertiary/aromatic N) is 1. The number of amides is 1. The van der Waals surface area contributed by atoms with Crippen molar-refractivity contribution >= 4 is 11.7 Å². The molecule has 0 aromatic rings. The van der Waals surface area contributed by atoms with Gasteiger partial charge in [0.2, 0.25) is 0 Å². The summed E-state index contributed by atoms with van der Waals surface area (Å²) in [6.07, 6.45) is 10.1. The zero-order chi connectivity index (χ0) is 22.1. The van der Waals surface area contributed by atoms with Crippen LogP contribution in [0.5, 0.6) is 0 Å². The van der Waals surface area contributed by atoms with Crippen molar-refractivity contribution in [2.45, 2.75) is 105 Å². The topological polar surface area (TPSA) is 54.4 Å². The second-order valence-electron chi connectivity index (χ2n) is 11.9. The van der Waals surface area contributed by atoms with Crippen molar-refractivity contribution in [3.8, 4) is 0 Å². The number of carbonyl (C=O) groups excluding carboxylic acids is 2. The summed E-state index contributed by atoms with van der Waals surface area (Å²) < 4.78 is -0.437. The number of hydroxylamine groups is 3. The maximum Gasteiger partial charge on any atom is 0.349 e. The van der Waals surface area contributed by atoms with Crippen LogP contribution in [0.15, 0.2) is 11.6 Å². The van der Waals surface area contributed by atoms with Crippen LogP contribution in [0, 0.1) is 34.5 Å². The molecule has 1 N–H and O–H groups in total. The molecule has 4 rings (SSSR count). The van der Waals surface area contributed by atoms with Gasteiger partial charge in [-0.05, 0) is 107 Å². The van der Waals surface area contributed by atoms with Crippen LogP contribution in [-0.4, -0.2) is 33.6 Å². The molecule has 0 radical (unpaired) electrons. The Morgan fingerprint density at radius 2 is 1.67 bits per heavy atom. The fraction of sp³-hybridized carbons (Fsp3) is 0.846. The molecule has 3 saturated carbocycles. The molecule has 0 aliphatic heterocycles. The van der Waals surface area contributed by atoms with Gasteiger partial charge >= 0.3 is 5.91 Å². The summed E-state index contributed by atoms with van der Waals surface area (Å²) in [6, 6.07) is -0.255. The lowest BCUT2D eigenvalue weighted by molar-refractivity contribution is -1.07. The smallest absolute Gasteiger partial charge is 0.295 e. The highest BCUT2D eigenvalue weighted by Gasteiger charge is 2.63. The summed E-state index contributed by atoms with van der Waals surface area (Å²) in [5, 5.41) is 11.4. The fourth-order valence-corrected chi connectivity index (χ4v) is 8.32. The largest absolute Gasteiger partial charge is 0.349 e. The molecule has 4 aliphatic rings. The quantitative estimate of drug-likeness (QED) is 0.366. The maximum absolute atomic E-state index is 13.8. The number of hydrogen-bond acceptors (Lipinski definition) is 3. The van der Waals surface area contributed by atoms with Gasteiger partial charge in [0.05, 0.1) is 5.92 Å². The highest BCUT2D eigenvalue weighted by atomic mass is 16.6. The minimum atomic E-state index is -0.437. The monoisotopic (exact) mass is 416 g/mol. The molecule has 1 amide bonds. The van der Waals surface area contributed by atoms with Gasteiger partial charge in [0, 0.05) is 6.42 Å². The summed E-state index contributed by atoms with van der Waals surface area (Å²) in [5.74, 6) is 2.17. The minimum Gasteiger partial charge on any atom is -0.295 e. The first kappa shape index (κ1) is 22.2.